The largest absolute Gasteiger partial charge is 0.495 e. The summed E-state index contributed by atoms with van der Waals surface area (Å²) >= 11 is 12.2. The van der Waals surface area contributed by atoms with Crippen LogP contribution in [-0.2, 0) is 0 Å². The summed E-state index contributed by atoms with van der Waals surface area (Å²) in [6.45, 7) is 0. The predicted molar refractivity (Wildman–Crippen MR) is 58.8 cm³/mol. The first-order valence-corrected chi connectivity index (χ1v) is 4.98. The fourth-order valence-corrected chi connectivity index (χ4v) is 2.02. The van der Waals surface area contributed by atoms with Crippen molar-refractivity contribution in [2.45, 2.75) is 5.50 Å². The minimum absolute atomic E-state index is 0.224. The minimum atomic E-state index is -0.224. The van der Waals surface area contributed by atoms with E-state index in [1.807, 2.05) is 18.2 Å². The van der Waals surface area contributed by atoms with Crippen molar-refractivity contribution < 1.29 is 4.74 Å². The van der Waals surface area contributed by atoms with Gasteiger partial charge in [0.25, 0.3) is 0 Å². The lowest BCUT2D eigenvalue weighted by molar-refractivity contribution is 0.414. The van der Waals surface area contributed by atoms with E-state index in [1.54, 1.807) is 13.3 Å². The summed E-state index contributed by atoms with van der Waals surface area (Å²) in [7, 11) is 1.59. The molecule has 0 radical (unpaired) electrons. The first kappa shape index (κ1) is 9.69. The molecule has 4 heteroatoms. The normalized spacial score (nSPS) is 18.6. The molecule has 1 aliphatic rings. The molecule has 2 nitrogen and oxygen atoms in total. The summed E-state index contributed by atoms with van der Waals surface area (Å²) in [6.07, 6.45) is 3.67. The van der Waals surface area contributed by atoms with Gasteiger partial charge in [-0.25, -0.2) is 0 Å². The Kier molecular flexibility index (Phi) is 2.57. The molecule has 0 spiro atoms. The van der Waals surface area contributed by atoms with Gasteiger partial charge < -0.3 is 10.1 Å². The molecular weight excluding hydrogens is 221 g/mol. The summed E-state index contributed by atoms with van der Waals surface area (Å²) in [5.74, 6) is 0.667. The topological polar surface area (TPSA) is 21.3 Å². The molecule has 0 saturated heterocycles. The Bertz CT molecular complexity index is 390. The number of ether oxygens (including phenoxy) is 1. The second-order valence-electron chi connectivity index (χ2n) is 2.95. The van der Waals surface area contributed by atoms with E-state index < -0.39 is 0 Å². The smallest absolute Gasteiger partial charge is 0.138 e. The molecule has 1 aromatic rings. The Labute approximate surface area is 92.5 Å². The van der Waals surface area contributed by atoms with Gasteiger partial charge in [-0.2, -0.15) is 0 Å². The van der Waals surface area contributed by atoms with Crippen LogP contribution in [0.3, 0.4) is 0 Å². The van der Waals surface area contributed by atoms with Gasteiger partial charge in [0.15, 0.2) is 0 Å². The molecule has 14 heavy (non-hydrogen) atoms. The van der Waals surface area contributed by atoms with Gasteiger partial charge in [-0.1, -0.05) is 29.3 Å². The Morgan fingerprint density at radius 2 is 2.21 bits per heavy atom. The van der Waals surface area contributed by atoms with Crippen LogP contribution < -0.4 is 10.1 Å². The first-order valence-electron chi connectivity index (χ1n) is 4.17. The molecule has 0 amide bonds. The second kappa shape index (κ2) is 3.71. The van der Waals surface area contributed by atoms with Gasteiger partial charge in [0.2, 0.25) is 0 Å². The maximum atomic E-state index is 6.13. The molecule has 1 heterocycles. The Morgan fingerprint density at radius 1 is 1.43 bits per heavy atom. The number of methoxy groups -OCH3 is 1. The fourth-order valence-electron chi connectivity index (χ4n) is 1.44. The number of nitrogens with one attached hydrogen (secondary N) is 1. The Hall–Kier alpha value is -0.860. The Morgan fingerprint density at radius 3 is 2.93 bits per heavy atom. The van der Waals surface area contributed by atoms with E-state index in [-0.39, 0.29) is 5.50 Å². The highest BCUT2D eigenvalue weighted by Gasteiger charge is 2.18. The van der Waals surface area contributed by atoms with Crippen molar-refractivity contribution >= 4 is 29.3 Å². The molecule has 0 aromatic heterocycles. The van der Waals surface area contributed by atoms with Gasteiger partial charge >= 0.3 is 0 Å². The maximum absolute atomic E-state index is 6.13. The molecule has 1 unspecified atom stereocenters. The Balaban J connectivity index is 2.59. The number of hydrogen-bond donors (Lipinski definition) is 1. The van der Waals surface area contributed by atoms with Crippen molar-refractivity contribution in [1.29, 1.82) is 0 Å². The number of benzene rings is 1. The molecular formula is C10H9Cl2NO. The van der Waals surface area contributed by atoms with E-state index in [0.717, 1.165) is 11.1 Å². The third-order valence-corrected chi connectivity index (χ3v) is 2.91. The average Bonchev–Trinajstić information content (AvgIpc) is 2.20. The molecule has 1 atom stereocenters. The van der Waals surface area contributed by atoms with Crippen LogP contribution in [0, 0.1) is 0 Å². The van der Waals surface area contributed by atoms with Gasteiger partial charge in [-0.15, -0.1) is 0 Å². The third kappa shape index (κ3) is 1.45. The van der Waals surface area contributed by atoms with Crippen molar-refractivity contribution in [3.8, 4) is 5.75 Å². The summed E-state index contributed by atoms with van der Waals surface area (Å²) < 4.78 is 5.12. The van der Waals surface area contributed by atoms with Gasteiger partial charge in [0, 0.05) is 5.56 Å². The van der Waals surface area contributed by atoms with Crippen LogP contribution in [0.1, 0.15) is 16.6 Å². The lowest BCUT2D eigenvalue weighted by Gasteiger charge is -2.19. The third-order valence-electron chi connectivity index (χ3n) is 2.16. The van der Waals surface area contributed by atoms with Gasteiger partial charge in [-0.05, 0) is 23.9 Å². The van der Waals surface area contributed by atoms with Crippen molar-refractivity contribution in [2.24, 2.45) is 0 Å². The quantitative estimate of drug-likeness (QED) is 0.591. The zero-order valence-corrected chi connectivity index (χ0v) is 9.06. The van der Waals surface area contributed by atoms with Gasteiger partial charge in [0.05, 0.1) is 12.1 Å². The molecule has 2 rings (SSSR count). The standard InChI is InChI=1S/C10H9Cl2NO/c1-14-8-3-2-7-6(9(8)11)4-5-13-10(7)12/h2-5,10,13H,1H3. The summed E-state index contributed by atoms with van der Waals surface area (Å²) in [6, 6.07) is 3.73. The number of alkyl halides is 1. The van der Waals surface area contributed by atoms with Crippen molar-refractivity contribution in [2.75, 3.05) is 7.11 Å². The average molecular weight is 230 g/mol. The van der Waals surface area contributed by atoms with Crippen molar-refractivity contribution in [3.63, 3.8) is 0 Å². The highest BCUT2D eigenvalue weighted by molar-refractivity contribution is 6.34. The molecule has 1 N–H and O–H groups in total. The molecule has 0 aliphatic carbocycles. The molecule has 0 bridgehead atoms. The van der Waals surface area contributed by atoms with E-state index >= 15 is 0 Å². The van der Waals surface area contributed by atoms with E-state index in [2.05, 4.69) is 5.32 Å². The summed E-state index contributed by atoms with van der Waals surface area (Å²) in [5.41, 5.74) is 1.67. The van der Waals surface area contributed by atoms with Crippen LogP contribution in [0.25, 0.3) is 6.08 Å². The van der Waals surface area contributed by atoms with Crippen LogP contribution in [-0.4, -0.2) is 7.11 Å². The zero-order chi connectivity index (χ0) is 10.1. The summed E-state index contributed by atoms with van der Waals surface area (Å²) in [4.78, 5) is 0. The van der Waals surface area contributed by atoms with E-state index in [0.29, 0.717) is 10.8 Å². The molecule has 0 saturated carbocycles. The number of hydrogen-bond acceptors (Lipinski definition) is 2. The highest BCUT2D eigenvalue weighted by Crippen LogP contribution is 2.36. The number of halogens is 2. The van der Waals surface area contributed by atoms with Gasteiger partial charge in [-0.3, -0.25) is 0 Å². The van der Waals surface area contributed by atoms with Crippen LogP contribution in [0.4, 0.5) is 0 Å². The lowest BCUT2D eigenvalue weighted by atomic mass is 10.0. The van der Waals surface area contributed by atoms with E-state index in [4.69, 9.17) is 27.9 Å². The lowest BCUT2D eigenvalue weighted by Crippen LogP contribution is -2.14. The minimum Gasteiger partial charge on any atom is -0.495 e. The van der Waals surface area contributed by atoms with Gasteiger partial charge in [0.1, 0.15) is 11.3 Å². The van der Waals surface area contributed by atoms with Crippen LogP contribution in [0.5, 0.6) is 5.75 Å². The van der Waals surface area contributed by atoms with Crippen molar-refractivity contribution in [3.05, 3.63) is 34.5 Å². The highest BCUT2D eigenvalue weighted by atomic mass is 35.5. The number of rotatable bonds is 1. The van der Waals surface area contributed by atoms with Crippen molar-refractivity contribution in [1.82, 2.24) is 5.32 Å². The van der Waals surface area contributed by atoms with Crippen LogP contribution >= 0.6 is 23.2 Å². The van der Waals surface area contributed by atoms with E-state index in [1.165, 1.54) is 0 Å². The van der Waals surface area contributed by atoms with E-state index in [9.17, 15) is 0 Å². The van der Waals surface area contributed by atoms with Crippen LogP contribution in [0.15, 0.2) is 18.3 Å². The molecule has 0 fully saturated rings. The predicted octanol–water partition coefficient (Wildman–Crippen LogP) is 3.16. The maximum Gasteiger partial charge on any atom is 0.138 e. The number of fused-ring (bicyclic) bond motifs is 1. The zero-order valence-electron chi connectivity index (χ0n) is 7.55. The molecule has 74 valence electrons. The SMILES string of the molecule is COc1ccc2c(c1Cl)C=CNC2Cl. The first-order chi connectivity index (χ1) is 6.74. The fraction of sp³-hybridized carbons (Fsp3) is 0.200. The second-order valence-corrected chi connectivity index (χ2v) is 3.76. The molecule has 1 aliphatic heterocycles. The summed E-state index contributed by atoms with van der Waals surface area (Å²) in [5, 5.41) is 3.59. The van der Waals surface area contributed by atoms with Crippen LogP contribution in [0.2, 0.25) is 5.02 Å². The monoisotopic (exact) mass is 229 g/mol. The molecule has 1 aromatic carbocycles.